The van der Waals surface area contributed by atoms with Gasteiger partial charge in [-0.2, -0.15) is 0 Å². The summed E-state index contributed by atoms with van der Waals surface area (Å²) >= 11 is 0. The molecule has 0 bridgehead atoms. The van der Waals surface area contributed by atoms with Crippen molar-refractivity contribution in [2.45, 2.75) is 91.1 Å². The van der Waals surface area contributed by atoms with E-state index in [9.17, 15) is 0 Å². The van der Waals surface area contributed by atoms with Crippen molar-refractivity contribution in [2.75, 3.05) is 19.6 Å². The standard InChI is InChI=1S/C18H38N2/c1-5-17(19-6-2)10-9-14-20(15-13-16(3)4)18-11-7-8-12-18/h16-19H,5-15H2,1-4H3. The first-order valence-electron chi connectivity index (χ1n) is 9.14. The Morgan fingerprint density at radius 2 is 1.75 bits per heavy atom. The molecule has 20 heavy (non-hydrogen) atoms. The van der Waals surface area contributed by atoms with Gasteiger partial charge in [0.25, 0.3) is 0 Å². The highest BCUT2D eigenvalue weighted by Crippen LogP contribution is 2.24. The van der Waals surface area contributed by atoms with Crippen LogP contribution in [0, 0.1) is 5.92 Å². The molecule has 0 amide bonds. The van der Waals surface area contributed by atoms with Crippen molar-refractivity contribution in [2.24, 2.45) is 5.92 Å². The van der Waals surface area contributed by atoms with Crippen molar-refractivity contribution in [3.63, 3.8) is 0 Å². The second-order valence-corrected chi connectivity index (χ2v) is 6.96. The molecule has 1 unspecified atom stereocenters. The van der Waals surface area contributed by atoms with E-state index >= 15 is 0 Å². The molecule has 2 nitrogen and oxygen atoms in total. The molecule has 0 aromatic carbocycles. The Labute approximate surface area is 127 Å². The summed E-state index contributed by atoms with van der Waals surface area (Å²) in [6, 6.07) is 1.63. The molecule has 1 fully saturated rings. The van der Waals surface area contributed by atoms with Crippen molar-refractivity contribution < 1.29 is 0 Å². The van der Waals surface area contributed by atoms with E-state index in [-0.39, 0.29) is 0 Å². The number of hydrogen-bond acceptors (Lipinski definition) is 2. The van der Waals surface area contributed by atoms with Gasteiger partial charge in [-0.05, 0) is 64.1 Å². The van der Waals surface area contributed by atoms with Gasteiger partial charge in [0.1, 0.15) is 0 Å². The van der Waals surface area contributed by atoms with E-state index in [1.807, 2.05) is 0 Å². The molecule has 0 radical (unpaired) electrons. The highest BCUT2D eigenvalue weighted by molar-refractivity contribution is 4.78. The maximum absolute atomic E-state index is 3.61. The van der Waals surface area contributed by atoms with Gasteiger partial charge < -0.3 is 10.2 Å². The lowest BCUT2D eigenvalue weighted by Gasteiger charge is -2.30. The van der Waals surface area contributed by atoms with Crippen LogP contribution in [0.4, 0.5) is 0 Å². The summed E-state index contributed by atoms with van der Waals surface area (Å²) in [6.45, 7) is 13.0. The Morgan fingerprint density at radius 1 is 1.05 bits per heavy atom. The van der Waals surface area contributed by atoms with Crippen LogP contribution in [0.3, 0.4) is 0 Å². The van der Waals surface area contributed by atoms with Gasteiger partial charge in [-0.3, -0.25) is 0 Å². The van der Waals surface area contributed by atoms with E-state index in [0.717, 1.165) is 24.5 Å². The second kappa shape index (κ2) is 10.6. The topological polar surface area (TPSA) is 15.3 Å². The predicted octanol–water partition coefficient (Wildman–Crippen LogP) is 4.45. The van der Waals surface area contributed by atoms with Crippen LogP contribution in [0.5, 0.6) is 0 Å². The molecule has 0 heterocycles. The maximum atomic E-state index is 3.61. The van der Waals surface area contributed by atoms with E-state index in [4.69, 9.17) is 0 Å². The highest BCUT2D eigenvalue weighted by atomic mass is 15.2. The normalized spacial score (nSPS) is 18.3. The second-order valence-electron chi connectivity index (χ2n) is 6.96. The van der Waals surface area contributed by atoms with Crippen molar-refractivity contribution >= 4 is 0 Å². The van der Waals surface area contributed by atoms with E-state index in [1.165, 1.54) is 64.5 Å². The molecule has 0 aromatic heterocycles. The van der Waals surface area contributed by atoms with Gasteiger partial charge in [-0.25, -0.2) is 0 Å². The van der Waals surface area contributed by atoms with Gasteiger partial charge in [-0.15, -0.1) is 0 Å². The summed E-state index contributed by atoms with van der Waals surface area (Å²) in [7, 11) is 0. The first kappa shape index (κ1) is 18.0. The number of hydrogen-bond donors (Lipinski definition) is 1. The first-order chi connectivity index (χ1) is 9.67. The molecule has 0 spiro atoms. The summed E-state index contributed by atoms with van der Waals surface area (Å²) in [4.78, 5) is 2.81. The maximum Gasteiger partial charge on any atom is 0.00952 e. The summed E-state index contributed by atoms with van der Waals surface area (Å²) in [5, 5.41) is 3.61. The van der Waals surface area contributed by atoms with Crippen LogP contribution < -0.4 is 5.32 Å². The third-order valence-electron chi connectivity index (χ3n) is 4.82. The zero-order valence-corrected chi connectivity index (χ0v) is 14.5. The fraction of sp³-hybridized carbons (Fsp3) is 1.00. The molecular weight excluding hydrogens is 244 g/mol. The fourth-order valence-electron chi connectivity index (χ4n) is 3.45. The predicted molar refractivity (Wildman–Crippen MR) is 90.3 cm³/mol. The largest absolute Gasteiger partial charge is 0.314 e. The summed E-state index contributed by atoms with van der Waals surface area (Å²) in [5.74, 6) is 0.837. The summed E-state index contributed by atoms with van der Waals surface area (Å²) in [6.07, 6.45) is 11.1. The Morgan fingerprint density at radius 3 is 2.30 bits per heavy atom. The van der Waals surface area contributed by atoms with Gasteiger partial charge in [0.2, 0.25) is 0 Å². The Bertz CT molecular complexity index is 221. The van der Waals surface area contributed by atoms with Gasteiger partial charge >= 0.3 is 0 Å². The van der Waals surface area contributed by atoms with Crippen LogP contribution >= 0.6 is 0 Å². The molecule has 1 aliphatic rings. The lowest BCUT2D eigenvalue weighted by Crippen LogP contribution is -2.36. The number of nitrogens with zero attached hydrogens (tertiary/aromatic N) is 1. The van der Waals surface area contributed by atoms with Crippen LogP contribution in [-0.4, -0.2) is 36.6 Å². The average Bonchev–Trinajstić information content (AvgIpc) is 2.95. The average molecular weight is 283 g/mol. The number of rotatable bonds is 11. The van der Waals surface area contributed by atoms with Crippen LogP contribution in [0.15, 0.2) is 0 Å². The Balaban J connectivity index is 2.31. The van der Waals surface area contributed by atoms with E-state index in [1.54, 1.807) is 0 Å². The Kier molecular flexibility index (Phi) is 9.54. The lowest BCUT2D eigenvalue weighted by atomic mass is 10.1. The lowest BCUT2D eigenvalue weighted by molar-refractivity contribution is 0.182. The van der Waals surface area contributed by atoms with Crippen LogP contribution in [0.25, 0.3) is 0 Å². The Hall–Kier alpha value is -0.0800. The third kappa shape index (κ3) is 7.08. The SMILES string of the molecule is CCNC(CC)CCCN(CCC(C)C)C1CCCC1. The minimum absolute atomic E-state index is 0.732. The van der Waals surface area contributed by atoms with Crippen molar-refractivity contribution in [1.82, 2.24) is 10.2 Å². The van der Waals surface area contributed by atoms with Gasteiger partial charge in [0, 0.05) is 12.1 Å². The molecule has 1 atom stereocenters. The summed E-state index contributed by atoms with van der Waals surface area (Å²) in [5.41, 5.74) is 0. The van der Waals surface area contributed by atoms with E-state index in [2.05, 4.69) is 37.9 Å². The van der Waals surface area contributed by atoms with Gasteiger partial charge in [0.15, 0.2) is 0 Å². The monoisotopic (exact) mass is 282 g/mol. The van der Waals surface area contributed by atoms with E-state index < -0.39 is 0 Å². The summed E-state index contributed by atoms with van der Waals surface area (Å²) < 4.78 is 0. The minimum Gasteiger partial charge on any atom is -0.314 e. The molecule has 1 saturated carbocycles. The zero-order valence-electron chi connectivity index (χ0n) is 14.5. The third-order valence-corrected chi connectivity index (χ3v) is 4.82. The fourth-order valence-corrected chi connectivity index (χ4v) is 3.45. The highest BCUT2D eigenvalue weighted by Gasteiger charge is 2.22. The first-order valence-corrected chi connectivity index (χ1v) is 9.14. The molecule has 1 aliphatic carbocycles. The van der Waals surface area contributed by atoms with Crippen molar-refractivity contribution in [1.29, 1.82) is 0 Å². The quantitative estimate of drug-likeness (QED) is 0.602. The molecule has 0 saturated heterocycles. The van der Waals surface area contributed by atoms with E-state index in [0.29, 0.717) is 0 Å². The molecule has 0 aromatic rings. The van der Waals surface area contributed by atoms with Crippen molar-refractivity contribution in [3.05, 3.63) is 0 Å². The molecular formula is C18H38N2. The van der Waals surface area contributed by atoms with Crippen LogP contribution in [-0.2, 0) is 0 Å². The molecule has 2 heteroatoms. The number of nitrogens with one attached hydrogen (secondary N) is 1. The molecule has 1 rings (SSSR count). The zero-order chi connectivity index (χ0) is 14.8. The smallest absolute Gasteiger partial charge is 0.00952 e. The van der Waals surface area contributed by atoms with Crippen LogP contribution in [0.1, 0.15) is 79.1 Å². The van der Waals surface area contributed by atoms with Crippen LogP contribution in [0.2, 0.25) is 0 Å². The van der Waals surface area contributed by atoms with Gasteiger partial charge in [-0.1, -0.05) is 40.5 Å². The molecule has 120 valence electrons. The van der Waals surface area contributed by atoms with Crippen molar-refractivity contribution in [3.8, 4) is 0 Å². The minimum atomic E-state index is 0.732. The molecule has 0 aliphatic heterocycles. The van der Waals surface area contributed by atoms with Gasteiger partial charge in [0.05, 0.1) is 0 Å². The molecule has 1 N–H and O–H groups in total.